The van der Waals surface area contributed by atoms with Gasteiger partial charge in [0, 0.05) is 10.8 Å². The second kappa shape index (κ2) is 12.5. The van der Waals surface area contributed by atoms with Gasteiger partial charge in [-0.05, 0) is 34.6 Å². The number of nitrogens with zero attached hydrogens (tertiary/aromatic N) is 2. The molecule has 14 nitrogen and oxygen atoms in total. The van der Waals surface area contributed by atoms with Crippen molar-refractivity contribution >= 4 is 52.3 Å². The van der Waals surface area contributed by atoms with Gasteiger partial charge in [0.25, 0.3) is 5.91 Å². The molecule has 0 aliphatic heterocycles. The van der Waals surface area contributed by atoms with Crippen LogP contribution in [0.4, 0.5) is 21.2 Å². The topological polar surface area (TPSA) is 192 Å². The second-order valence-corrected chi connectivity index (χ2v) is 8.92. The van der Waals surface area contributed by atoms with Gasteiger partial charge in [0.05, 0.1) is 7.11 Å². The number of carbonyl (C=O) groups is 5. The summed E-state index contributed by atoms with van der Waals surface area (Å²) < 4.78 is 9.66. The fourth-order valence-corrected chi connectivity index (χ4v) is 2.93. The molecule has 2 atom stereocenters. The Balaban J connectivity index is 2.00. The third-order valence-corrected chi connectivity index (χ3v) is 4.64. The van der Waals surface area contributed by atoms with Crippen LogP contribution < -0.4 is 21.3 Å². The third-order valence-electron chi connectivity index (χ3n) is 4.64. The van der Waals surface area contributed by atoms with Gasteiger partial charge in [-0.15, -0.1) is 10.2 Å². The summed E-state index contributed by atoms with van der Waals surface area (Å²) in [5, 5.41) is 18.4. The number of H-pyrrole nitrogens is 1. The van der Waals surface area contributed by atoms with Crippen LogP contribution in [0.25, 0.3) is 10.8 Å². The Hall–Kier alpha value is -4.49. The maximum absolute atomic E-state index is 12.3. The molecule has 0 saturated heterocycles. The van der Waals surface area contributed by atoms with Gasteiger partial charge in [0.1, 0.15) is 30.0 Å². The predicted octanol–water partition coefficient (Wildman–Crippen LogP) is 2.49. The molecule has 0 unspecified atom stereocenters. The van der Waals surface area contributed by atoms with Crippen molar-refractivity contribution in [1.29, 1.82) is 0 Å². The first-order valence-corrected chi connectivity index (χ1v) is 11.3. The highest BCUT2D eigenvalue weighted by atomic mass is 16.6. The fraction of sp³-hybridized carbons (Fsp3) is 0.435. The van der Waals surface area contributed by atoms with E-state index in [-0.39, 0.29) is 11.6 Å². The number of benzene rings is 1. The number of hydrogen-bond acceptors (Lipinski definition) is 8. The minimum atomic E-state index is -0.950. The van der Waals surface area contributed by atoms with Crippen LogP contribution in [-0.2, 0) is 23.9 Å². The number of alkyl carbamates (subject to hydrolysis) is 1. The van der Waals surface area contributed by atoms with Crippen molar-refractivity contribution in [2.24, 2.45) is 10.2 Å². The highest BCUT2D eigenvalue weighted by Crippen LogP contribution is 2.32. The second-order valence-electron chi connectivity index (χ2n) is 8.92. The Morgan fingerprint density at radius 2 is 1.65 bits per heavy atom. The summed E-state index contributed by atoms with van der Waals surface area (Å²) in [6.45, 7) is 7.51. The number of azo groups is 1. The van der Waals surface area contributed by atoms with E-state index in [1.165, 1.54) is 21.0 Å². The molecule has 0 bridgehead atoms. The maximum Gasteiger partial charge on any atom is 0.408 e. The van der Waals surface area contributed by atoms with E-state index in [0.717, 1.165) is 0 Å². The Labute approximate surface area is 212 Å². The number of nitrogens with one attached hydrogen (secondary N) is 5. The normalized spacial score (nSPS) is 12.9. The SMILES string of the molecule is COC(=O)[C@H](C)NC(=O)Nc1[nH]c(N=NC(=O)CNC(=O)[C@H](C)NC(=O)OC(C)(C)C)c2ccccc12. The van der Waals surface area contributed by atoms with Crippen LogP contribution in [0.1, 0.15) is 34.6 Å². The molecule has 200 valence electrons. The summed E-state index contributed by atoms with van der Waals surface area (Å²) in [4.78, 5) is 62.7. The number of fused-ring (bicyclic) bond motifs is 1. The first-order valence-electron chi connectivity index (χ1n) is 11.3. The molecule has 2 rings (SSSR count). The number of urea groups is 1. The first kappa shape index (κ1) is 28.7. The van der Waals surface area contributed by atoms with Crippen molar-refractivity contribution in [2.45, 2.75) is 52.3 Å². The van der Waals surface area contributed by atoms with Gasteiger partial charge in [-0.1, -0.05) is 24.3 Å². The number of methoxy groups -OCH3 is 1. The minimum Gasteiger partial charge on any atom is -0.467 e. The van der Waals surface area contributed by atoms with Crippen LogP contribution in [0.3, 0.4) is 0 Å². The van der Waals surface area contributed by atoms with Crippen LogP contribution in [0.15, 0.2) is 34.5 Å². The number of aromatic nitrogens is 1. The smallest absolute Gasteiger partial charge is 0.408 e. The summed E-state index contributed by atoms with van der Waals surface area (Å²) in [7, 11) is 1.21. The molecule has 0 aliphatic carbocycles. The van der Waals surface area contributed by atoms with Crippen LogP contribution in [-0.4, -0.2) is 66.2 Å². The van der Waals surface area contributed by atoms with Crippen LogP contribution in [0.2, 0.25) is 0 Å². The van der Waals surface area contributed by atoms with E-state index in [1.54, 1.807) is 45.0 Å². The van der Waals surface area contributed by atoms with E-state index in [0.29, 0.717) is 10.8 Å². The van der Waals surface area contributed by atoms with Gasteiger partial charge < -0.3 is 30.4 Å². The molecular weight excluding hydrogens is 486 g/mol. The van der Waals surface area contributed by atoms with Crippen molar-refractivity contribution in [1.82, 2.24) is 20.9 Å². The average Bonchev–Trinajstić information content (AvgIpc) is 3.16. The zero-order valence-corrected chi connectivity index (χ0v) is 21.4. The molecule has 0 fully saturated rings. The van der Waals surface area contributed by atoms with E-state index >= 15 is 0 Å². The van der Waals surface area contributed by atoms with Crippen LogP contribution in [0.5, 0.6) is 0 Å². The molecule has 0 saturated carbocycles. The molecule has 0 spiro atoms. The number of aromatic amines is 1. The number of ether oxygens (including phenoxy) is 2. The van der Waals surface area contributed by atoms with Gasteiger partial charge in [-0.2, -0.15) is 0 Å². The van der Waals surface area contributed by atoms with E-state index in [2.05, 4.69) is 41.2 Å². The van der Waals surface area contributed by atoms with Crippen molar-refractivity contribution in [2.75, 3.05) is 19.0 Å². The molecule has 5 N–H and O–H groups in total. The first-order chi connectivity index (χ1) is 17.3. The van der Waals surface area contributed by atoms with E-state index < -0.39 is 54.1 Å². The van der Waals surface area contributed by atoms with Crippen LogP contribution in [0, 0.1) is 0 Å². The standard InChI is InChI=1S/C23H31N7O7/c1-12(26-22(35)37-23(3,4)5)19(32)24-11-16(31)29-30-18-15-10-8-7-9-14(15)17(27-18)28-21(34)25-13(2)20(33)36-6/h7-10,12-13,27H,11H2,1-6H3,(H,24,32)(H,26,35)(H2,25,28,34)/t12-,13-/m0/s1. The average molecular weight is 518 g/mol. The lowest BCUT2D eigenvalue weighted by molar-refractivity contribution is -0.142. The number of amides is 5. The molecule has 37 heavy (non-hydrogen) atoms. The predicted molar refractivity (Wildman–Crippen MR) is 133 cm³/mol. The number of esters is 1. The fourth-order valence-electron chi connectivity index (χ4n) is 2.93. The Kier molecular flexibility index (Phi) is 9.68. The van der Waals surface area contributed by atoms with E-state index in [9.17, 15) is 24.0 Å². The summed E-state index contributed by atoms with van der Waals surface area (Å²) in [5.74, 6) is -1.52. The minimum absolute atomic E-state index is 0.187. The molecule has 0 aliphatic rings. The number of anilines is 1. The highest BCUT2D eigenvalue weighted by Gasteiger charge is 2.21. The molecule has 0 radical (unpaired) electrons. The number of rotatable bonds is 8. The lowest BCUT2D eigenvalue weighted by atomic mass is 10.2. The number of carbonyl (C=O) groups excluding carboxylic acids is 5. The monoisotopic (exact) mass is 517 g/mol. The molecule has 1 heterocycles. The zero-order valence-electron chi connectivity index (χ0n) is 21.4. The van der Waals surface area contributed by atoms with Gasteiger partial charge in [-0.25, -0.2) is 14.4 Å². The van der Waals surface area contributed by atoms with Gasteiger partial charge in [-0.3, -0.25) is 14.9 Å². The number of hydrogen-bond donors (Lipinski definition) is 5. The Morgan fingerprint density at radius 1 is 1.00 bits per heavy atom. The lowest BCUT2D eigenvalue weighted by Gasteiger charge is -2.21. The Morgan fingerprint density at radius 3 is 2.27 bits per heavy atom. The zero-order chi connectivity index (χ0) is 27.8. The quantitative estimate of drug-likeness (QED) is 0.262. The van der Waals surface area contributed by atoms with Crippen molar-refractivity contribution in [3.63, 3.8) is 0 Å². The summed E-state index contributed by atoms with van der Waals surface area (Å²) in [6.07, 6.45) is -0.766. The molecule has 1 aromatic carbocycles. The Bertz CT molecular complexity index is 1200. The molecule has 1 aromatic heterocycles. The van der Waals surface area contributed by atoms with Crippen molar-refractivity contribution in [3.8, 4) is 0 Å². The van der Waals surface area contributed by atoms with Crippen molar-refractivity contribution < 1.29 is 33.4 Å². The van der Waals surface area contributed by atoms with Gasteiger partial charge in [0.15, 0.2) is 5.82 Å². The highest BCUT2D eigenvalue weighted by molar-refractivity contribution is 6.05. The van der Waals surface area contributed by atoms with Gasteiger partial charge in [0.2, 0.25) is 5.91 Å². The molecule has 5 amide bonds. The lowest BCUT2D eigenvalue weighted by Crippen LogP contribution is -2.47. The van der Waals surface area contributed by atoms with Crippen LogP contribution >= 0.6 is 0 Å². The van der Waals surface area contributed by atoms with E-state index in [1.807, 2.05) is 0 Å². The summed E-state index contributed by atoms with van der Waals surface area (Å²) >= 11 is 0. The molecular formula is C23H31N7O7. The third kappa shape index (κ3) is 8.91. The van der Waals surface area contributed by atoms with Gasteiger partial charge >= 0.3 is 18.1 Å². The van der Waals surface area contributed by atoms with Crippen molar-refractivity contribution in [3.05, 3.63) is 24.3 Å². The van der Waals surface area contributed by atoms with E-state index in [4.69, 9.17) is 4.74 Å². The molecule has 14 heteroatoms. The summed E-state index contributed by atoms with van der Waals surface area (Å²) in [6, 6.07) is 4.40. The summed E-state index contributed by atoms with van der Waals surface area (Å²) in [5.41, 5.74) is -0.723. The largest absolute Gasteiger partial charge is 0.467 e. The maximum atomic E-state index is 12.3. The molecule has 2 aromatic rings.